The second-order valence-corrected chi connectivity index (χ2v) is 4.17. The number of nitro groups is 1. The fourth-order valence-electron chi connectivity index (χ4n) is 1.51. The fraction of sp³-hybridized carbons (Fsp3) is 0.385. The number of methoxy groups -OCH3 is 2. The van der Waals surface area contributed by atoms with Crippen LogP contribution >= 0.6 is 0 Å². The average Bonchev–Trinajstić information content (AvgIpc) is 2.50. The third-order valence-corrected chi connectivity index (χ3v) is 2.67. The van der Waals surface area contributed by atoms with Gasteiger partial charge in [0, 0.05) is 12.1 Å². The van der Waals surface area contributed by atoms with Gasteiger partial charge in [-0.2, -0.15) is 0 Å². The van der Waals surface area contributed by atoms with Crippen LogP contribution in [-0.2, 0) is 14.3 Å². The summed E-state index contributed by atoms with van der Waals surface area (Å²) < 4.78 is 14.3. The van der Waals surface area contributed by atoms with E-state index in [0.717, 1.165) is 6.07 Å². The predicted molar refractivity (Wildman–Crippen MR) is 71.1 cm³/mol. The summed E-state index contributed by atoms with van der Waals surface area (Å²) in [7, 11) is 2.43. The smallest absolute Gasteiger partial charge is 0.337 e. The molecule has 0 N–H and O–H groups in total. The molecule has 1 aromatic rings. The van der Waals surface area contributed by atoms with Crippen LogP contribution in [0.1, 0.15) is 17.3 Å². The molecule has 1 rings (SSSR count). The average molecular weight is 297 g/mol. The molecule has 0 unspecified atom stereocenters. The summed E-state index contributed by atoms with van der Waals surface area (Å²) in [5, 5.41) is 10.9. The number of carbonyl (C=O) groups excluding carboxylic acids is 2. The zero-order valence-electron chi connectivity index (χ0n) is 11.8. The van der Waals surface area contributed by atoms with Gasteiger partial charge in [0.05, 0.1) is 30.6 Å². The topological polar surface area (TPSA) is 105 Å². The van der Waals surface area contributed by atoms with Gasteiger partial charge in [-0.15, -0.1) is 0 Å². The van der Waals surface area contributed by atoms with E-state index >= 15 is 0 Å². The maximum absolute atomic E-state index is 11.4. The number of hydrogen-bond donors (Lipinski definition) is 0. The van der Waals surface area contributed by atoms with Crippen LogP contribution in [0.4, 0.5) is 5.69 Å². The van der Waals surface area contributed by atoms with Crippen molar-refractivity contribution in [2.24, 2.45) is 5.92 Å². The van der Waals surface area contributed by atoms with Gasteiger partial charge in [0.25, 0.3) is 0 Å². The molecule has 0 aromatic heterocycles. The Hall–Kier alpha value is -2.64. The summed E-state index contributed by atoms with van der Waals surface area (Å²) in [6, 6.07) is 3.61. The maximum Gasteiger partial charge on any atom is 0.337 e. The van der Waals surface area contributed by atoms with Gasteiger partial charge < -0.3 is 14.2 Å². The molecule has 8 heteroatoms. The maximum atomic E-state index is 11.4. The van der Waals surface area contributed by atoms with Crippen molar-refractivity contribution in [3.63, 3.8) is 0 Å². The van der Waals surface area contributed by atoms with Gasteiger partial charge in [-0.25, -0.2) is 4.79 Å². The molecule has 21 heavy (non-hydrogen) atoms. The first-order valence-electron chi connectivity index (χ1n) is 5.98. The lowest BCUT2D eigenvalue weighted by Gasteiger charge is -2.12. The van der Waals surface area contributed by atoms with Gasteiger partial charge in [0.15, 0.2) is 5.75 Å². The Balaban J connectivity index is 2.99. The van der Waals surface area contributed by atoms with Crippen molar-refractivity contribution >= 4 is 17.6 Å². The first kappa shape index (κ1) is 16.4. The molecule has 0 saturated carbocycles. The Kier molecular flexibility index (Phi) is 5.65. The monoisotopic (exact) mass is 297 g/mol. The van der Waals surface area contributed by atoms with Crippen molar-refractivity contribution < 1.29 is 28.7 Å². The third-order valence-electron chi connectivity index (χ3n) is 2.67. The second-order valence-electron chi connectivity index (χ2n) is 4.17. The van der Waals surface area contributed by atoms with Crippen LogP contribution in [0.3, 0.4) is 0 Å². The predicted octanol–water partition coefficient (Wildman–Crippen LogP) is 1.57. The molecular weight excluding hydrogens is 282 g/mol. The van der Waals surface area contributed by atoms with Crippen LogP contribution in [-0.4, -0.2) is 37.7 Å². The fourth-order valence-corrected chi connectivity index (χ4v) is 1.51. The summed E-state index contributed by atoms with van der Waals surface area (Å²) in [5.41, 5.74) is -0.191. The van der Waals surface area contributed by atoms with Crippen LogP contribution in [0.5, 0.6) is 5.75 Å². The molecule has 0 radical (unpaired) electrons. The number of rotatable bonds is 6. The van der Waals surface area contributed by atoms with E-state index in [4.69, 9.17) is 4.74 Å². The van der Waals surface area contributed by atoms with Crippen molar-refractivity contribution in [2.45, 2.75) is 6.92 Å². The highest BCUT2D eigenvalue weighted by Gasteiger charge is 2.21. The molecular formula is C13H15NO7. The van der Waals surface area contributed by atoms with E-state index < -0.39 is 22.8 Å². The van der Waals surface area contributed by atoms with Gasteiger partial charge in [0.1, 0.15) is 6.61 Å². The molecule has 0 amide bonds. The third kappa shape index (κ3) is 4.16. The minimum atomic E-state index is -0.643. The highest BCUT2D eigenvalue weighted by atomic mass is 16.6. The van der Waals surface area contributed by atoms with Crippen LogP contribution in [0.15, 0.2) is 18.2 Å². The molecule has 0 saturated heterocycles. The second kappa shape index (κ2) is 7.22. The molecule has 0 aliphatic heterocycles. The summed E-state index contributed by atoms with van der Waals surface area (Å²) in [6.07, 6.45) is 0. The van der Waals surface area contributed by atoms with Crippen LogP contribution in [0, 0.1) is 16.0 Å². The Morgan fingerprint density at radius 3 is 2.48 bits per heavy atom. The Labute approximate surface area is 120 Å². The van der Waals surface area contributed by atoms with E-state index in [-0.39, 0.29) is 23.6 Å². The van der Waals surface area contributed by atoms with E-state index in [9.17, 15) is 19.7 Å². The van der Waals surface area contributed by atoms with Gasteiger partial charge in [-0.05, 0) is 13.0 Å². The Bertz CT molecular complexity index is 555. The van der Waals surface area contributed by atoms with Crippen LogP contribution in [0.25, 0.3) is 0 Å². The zero-order valence-corrected chi connectivity index (χ0v) is 11.8. The van der Waals surface area contributed by atoms with Gasteiger partial charge >= 0.3 is 17.6 Å². The normalized spacial score (nSPS) is 11.4. The van der Waals surface area contributed by atoms with E-state index in [2.05, 4.69) is 9.47 Å². The zero-order chi connectivity index (χ0) is 16.0. The number of carbonyl (C=O) groups is 2. The lowest BCUT2D eigenvalue weighted by atomic mass is 10.2. The van der Waals surface area contributed by atoms with Gasteiger partial charge in [-0.1, -0.05) is 0 Å². The summed E-state index contributed by atoms with van der Waals surface area (Å²) in [4.78, 5) is 33.0. The van der Waals surface area contributed by atoms with Crippen molar-refractivity contribution in [3.05, 3.63) is 33.9 Å². The van der Waals surface area contributed by atoms with Crippen molar-refractivity contribution in [1.82, 2.24) is 0 Å². The Morgan fingerprint density at radius 2 is 1.95 bits per heavy atom. The van der Waals surface area contributed by atoms with Gasteiger partial charge in [-0.3, -0.25) is 14.9 Å². The largest absolute Gasteiger partial charge is 0.486 e. The molecule has 8 nitrogen and oxygen atoms in total. The first-order valence-corrected chi connectivity index (χ1v) is 5.98. The minimum absolute atomic E-state index is 0.112. The highest BCUT2D eigenvalue weighted by Crippen LogP contribution is 2.28. The van der Waals surface area contributed by atoms with E-state index in [1.165, 1.54) is 26.4 Å². The lowest BCUT2D eigenvalue weighted by molar-refractivity contribution is -0.385. The lowest BCUT2D eigenvalue weighted by Crippen LogP contribution is -2.20. The van der Waals surface area contributed by atoms with Crippen molar-refractivity contribution in [1.29, 1.82) is 0 Å². The summed E-state index contributed by atoms with van der Waals surface area (Å²) >= 11 is 0. The highest BCUT2D eigenvalue weighted by molar-refractivity contribution is 5.90. The van der Waals surface area contributed by atoms with E-state index in [0.29, 0.717) is 0 Å². The number of esters is 2. The number of nitrogens with zero attached hydrogens (tertiary/aromatic N) is 1. The SMILES string of the molecule is COC(=O)c1ccc([N+](=O)[O-])c(OC[C@@H](C)C(=O)OC)c1. The molecule has 1 aromatic carbocycles. The number of benzene rings is 1. The van der Waals surface area contributed by atoms with Crippen LogP contribution < -0.4 is 4.74 Å². The molecule has 0 aliphatic carbocycles. The summed E-state index contributed by atoms with van der Waals surface area (Å²) in [5.74, 6) is -1.85. The quantitative estimate of drug-likeness (QED) is 0.445. The van der Waals surface area contributed by atoms with Gasteiger partial charge in [0.2, 0.25) is 0 Å². The molecule has 0 fully saturated rings. The molecule has 0 heterocycles. The molecule has 1 atom stereocenters. The summed E-state index contributed by atoms with van der Waals surface area (Å²) in [6.45, 7) is 1.44. The number of nitro benzene ring substituents is 1. The number of hydrogen-bond acceptors (Lipinski definition) is 7. The molecule has 0 aliphatic rings. The van der Waals surface area contributed by atoms with Crippen molar-refractivity contribution in [3.8, 4) is 5.75 Å². The van der Waals surface area contributed by atoms with E-state index in [1.807, 2.05) is 0 Å². The minimum Gasteiger partial charge on any atom is -0.486 e. The first-order chi connectivity index (χ1) is 9.90. The van der Waals surface area contributed by atoms with E-state index in [1.54, 1.807) is 6.92 Å². The molecule has 0 spiro atoms. The molecule has 0 bridgehead atoms. The standard InChI is InChI=1S/C13H15NO7/c1-8(12(15)19-2)7-21-11-6-9(13(16)20-3)4-5-10(11)14(17)18/h4-6,8H,7H2,1-3H3/t8-/m1/s1. The Morgan fingerprint density at radius 1 is 1.29 bits per heavy atom. The molecule has 114 valence electrons. The number of ether oxygens (including phenoxy) is 3. The van der Waals surface area contributed by atoms with Crippen molar-refractivity contribution in [2.75, 3.05) is 20.8 Å². The van der Waals surface area contributed by atoms with Crippen LogP contribution in [0.2, 0.25) is 0 Å².